The Morgan fingerprint density at radius 1 is 1.38 bits per heavy atom. The average molecular weight is 373 g/mol. The molecule has 1 aromatic heterocycles. The maximum absolute atomic E-state index is 12.4. The Morgan fingerprint density at radius 2 is 2.05 bits per heavy atom. The molecule has 0 aliphatic carbocycles. The quantitative estimate of drug-likeness (QED) is 0.801. The molecule has 0 aliphatic heterocycles. The second-order valence-electron chi connectivity index (χ2n) is 4.78. The van der Waals surface area contributed by atoms with Gasteiger partial charge < -0.3 is 5.73 Å². The van der Waals surface area contributed by atoms with Gasteiger partial charge in [0.1, 0.15) is 4.90 Å². The van der Waals surface area contributed by atoms with E-state index in [4.69, 9.17) is 5.73 Å². The van der Waals surface area contributed by atoms with Gasteiger partial charge in [0.2, 0.25) is 10.0 Å². The lowest BCUT2D eigenvalue weighted by Gasteiger charge is -2.10. The van der Waals surface area contributed by atoms with Gasteiger partial charge in [-0.25, -0.2) is 13.1 Å². The van der Waals surface area contributed by atoms with Crippen LogP contribution in [0.2, 0.25) is 0 Å². The summed E-state index contributed by atoms with van der Waals surface area (Å²) in [6, 6.07) is 4.74. The summed E-state index contributed by atoms with van der Waals surface area (Å²) >= 11 is 3.25. The third-order valence-electron chi connectivity index (χ3n) is 3.36. The molecule has 8 heteroatoms. The minimum atomic E-state index is -3.68. The zero-order chi connectivity index (χ0) is 15.8. The molecular weight excluding hydrogens is 356 g/mol. The summed E-state index contributed by atoms with van der Waals surface area (Å²) in [7, 11) is -1.85. The van der Waals surface area contributed by atoms with Crippen molar-refractivity contribution in [3.63, 3.8) is 0 Å². The highest BCUT2D eigenvalue weighted by Gasteiger charge is 2.19. The zero-order valence-corrected chi connectivity index (χ0v) is 14.4. The minimum Gasteiger partial charge on any atom is -0.398 e. The van der Waals surface area contributed by atoms with Gasteiger partial charge in [-0.2, -0.15) is 5.10 Å². The maximum Gasteiger partial charge on any atom is 0.242 e. The van der Waals surface area contributed by atoms with Gasteiger partial charge in [0.15, 0.2) is 0 Å². The predicted molar refractivity (Wildman–Crippen MR) is 85.3 cm³/mol. The van der Waals surface area contributed by atoms with E-state index < -0.39 is 10.0 Å². The number of sulfonamides is 1. The van der Waals surface area contributed by atoms with Gasteiger partial charge in [-0.1, -0.05) is 15.9 Å². The number of nitrogens with one attached hydrogen (secondary N) is 1. The van der Waals surface area contributed by atoms with Gasteiger partial charge in [-0.05, 0) is 32.0 Å². The number of aromatic nitrogens is 2. The average Bonchev–Trinajstić information content (AvgIpc) is 2.64. The van der Waals surface area contributed by atoms with E-state index in [1.165, 1.54) is 6.07 Å². The van der Waals surface area contributed by atoms with Crippen molar-refractivity contribution in [3.05, 3.63) is 39.6 Å². The first-order valence-corrected chi connectivity index (χ1v) is 8.53. The number of nitrogens with two attached hydrogens (primary N) is 1. The molecule has 0 bridgehead atoms. The van der Waals surface area contributed by atoms with Crippen molar-refractivity contribution < 1.29 is 8.42 Å². The lowest BCUT2D eigenvalue weighted by atomic mass is 10.2. The van der Waals surface area contributed by atoms with Crippen molar-refractivity contribution in [2.45, 2.75) is 25.3 Å². The molecule has 0 amide bonds. The van der Waals surface area contributed by atoms with E-state index in [0.29, 0.717) is 4.47 Å². The number of nitrogen functional groups attached to an aromatic ring is 1. The van der Waals surface area contributed by atoms with Crippen LogP contribution in [0.3, 0.4) is 0 Å². The normalized spacial score (nSPS) is 11.8. The molecule has 114 valence electrons. The Kier molecular flexibility index (Phi) is 4.40. The van der Waals surface area contributed by atoms with Crippen LogP contribution in [0.5, 0.6) is 0 Å². The fourth-order valence-corrected chi connectivity index (χ4v) is 3.72. The minimum absolute atomic E-state index is 0.0658. The second kappa shape index (κ2) is 5.78. The monoisotopic (exact) mass is 372 g/mol. The topological polar surface area (TPSA) is 90.0 Å². The number of halogens is 1. The molecule has 0 atom stereocenters. The molecule has 0 fully saturated rings. The highest BCUT2D eigenvalue weighted by atomic mass is 79.9. The summed E-state index contributed by atoms with van der Waals surface area (Å²) in [5.74, 6) is 0. The highest BCUT2D eigenvalue weighted by molar-refractivity contribution is 9.10. The summed E-state index contributed by atoms with van der Waals surface area (Å²) < 4.78 is 29.7. The van der Waals surface area contributed by atoms with Crippen LogP contribution in [0.25, 0.3) is 0 Å². The fourth-order valence-electron chi connectivity index (χ4n) is 2.06. The van der Waals surface area contributed by atoms with Crippen molar-refractivity contribution in [3.8, 4) is 0 Å². The SMILES string of the molecule is Cc1nn(C)c(C)c1CNS(=O)(=O)c1cc(Br)ccc1N. The number of hydrogen-bond acceptors (Lipinski definition) is 4. The van der Waals surface area contributed by atoms with Gasteiger partial charge >= 0.3 is 0 Å². The van der Waals surface area contributed by atoms with Crippen LogP contribution >= 0.6 is 15.9 Å². The Labute approximate surface area is 132 Å². The third-order valence-corrected chi connectivity index (χ3v) is 5.31. The summed E-state index contributed by atoms with van der Waals surface area (Å²) in [6.45, 7) is 3.93. The van der Waals surface area contributed by atoms with E-state index in [2.05, 4.69) is 25.8 Å². The molecule has 3 N–H and O–H groups in total. The summed E-state index contributed by atoms with van der Waals surface area (Å²) in [4.78, 5) is 0.0658. The van der Waals surface area contributed by atoms with Crippen molar-refractivity contribution in [2.75, 3.05) is 5.73 Å². The number of hydrogen-bond donors (Lipinski definition) is 2. The largest absolute Gasteiger partial charge is 0.398 e. The van der Waals surface area contributed by atoms with Crippen LogP contribution in [0.4, 0.5) is 5.69 Å². The van der Waals surface area contributed by atoms with E-state index in [1.54, 1.807) is 16.8 Å². The van der Waals surface area contributed by atoms with Crippen LogP contribution in [-0.4, -0.2) is 18.2 Å². The van der Waals surface area contributed by atoms with E-state index in [-0.39, 0.29) is 17.1 Å². The van der Waals surface area contributed by atoms with E-state index in [9.17, 15) is 8.42 Å². The molecule has 0 spiro atoms. The van der Waals surface area contributed by atoms with E-state index >= 15 is 0 Å². The number of anilines is 1. The summed E-state index contributed by atoms with van der Waals surface area (Å²) in [5, 5.41) is 4.27. The van der Waals surface area contributed by atoms with Crippen LogP contribution in [-0.2, 0) is 23.6 Å². The Hall–Kier alpha value is -1.38. The first-order chi connectivity index (χ1) is 9.72. The Bertz CT molecular complexity index is 784. The van der Waals surface area contributed by atoms with Gasteiger partial charge in [-0.15, -0.1) is 0 Å². The molecule has 1 aromatic carbocycles. The number of benzene rings is 1. The predicted octanol–water partition coefficient (Wildman–Crippen LogP) is 1.86. The molecule has 2 aromatic rings. The Balaban J connectivity index is 2.28. The van der Waals surface area contributed by atoms with Gasteiger partial charge in [0.25, 0.3) is 0 Å². The second-order valence-corrected chi connectivity index (χ2v) is 7.43. The molecule has 6 nitrogen and oxygen atoms in total. The van der Waals surface area contributed by atoms with Gasteiger partial charge in [0.05, 0.1) is 11.4 Å². The first kappa shape index (κ1) is 16.0. The van der Waals surface area contributed by atoms with Crippen molar-refractivity contribution in [1.82, 2.24) is 14.5 Å². The van der Waals surface area contributed by atoms with Gasteiger partial charge in [0, 0.05) is 29.3 Å². The summed E-state index contributed by atoms with van der Waals surface area (Å²) in [6.07, 6.45) is 0. The number of aryl methyl sites for hydroxylation is 2. The number of rotatable bonds is 4. The standard InChI is InChI=1S/C13H17BrN4O2S/c1-8-11(9(2)18(3)17-8)7-16-21(19,20)13-6-10(14)4-5-12(13)15/h4-6,16H,7,15H2,1-3H3. The fraction of sp³-hybridized carbons (Fsp3) is 0.308. The Morgan fingerprint density at radius 3 is 2.62 bits per heavy atom. The lowest BCUT2D eigenvalue weighted by Crippen LogP contribution is -2.24. The zero-order valence-electron chi connectivity index (χ0n) is 12.0. The molecule has 1 heterocycles. The smallest absolute Gasteiger partial charge is 0.242 e. The van der Waals surface area contributed by atoms with Gasteiger partial charge in [-0.3, -0.25) is 4.68 Å². The molecule has 0 aliphatic rings. The summed E-state index contributed by atoms with van der Waals surface area (Å²) in [5.41, 5.74) is 8.57. The van der Waals surface area contributed by atoms with Crippen LogP contribution in [0.1, 0.15) is 17.0 Å². The maximum atomic E-state index is 12.4. The van der Waals surface area contributed by atoms with Crippen LogP contribution < -0.4 is 10.5 Å². The first-order valence-electron chi connectivity index (χ1n) is 6.26. The molecule has 2 rings (SSSR count). The van der Waals surface area contributed by atoms with Crippen molar-refractivity contribution in [2.24, 2.45) is 7.05 Å². The van der Waals surface area contributed by atoms with E-state index in [1.807, 2.05) is 20.9 Å². The van der Waals surface area contributed by atoms with Crippen molar-refractivity contribution in [1.29, 1.82) is 0 Å². The van der Waals surface area contributed by atoms with E-state index in [0.717, 1.165) is 17.0 Å². The third kappa shape index (κ3) is 3.28. The molecule has 21 heavy (non-hydrogen) atoms. The van der Waals surface area contributed by atoms with Crippen molar-refractivity contribution >= 4 is 31.6 Å². The highest BCUT2D eigenvalue weighted by Crippen LogP contribution is 2.23. The molecule has 0 saturated carbocycles. The van der Waals surface area contributed by atoms with Crippen LogP contribution in [0, 0.1) is 13.8 Å². The molecule has 0 radical (unpaired) electrons. The van der Waals surface area contributed by atoms with Crippen LogP contribution in [0.15, 0.2) is 27.6 Å². The number of nitrogens with zero attached hydrogens (tertiary/aromatic N) is 2. The molecule has 0 saturated heterocycles. The molecular formula is C13H17BrN4O2S. The lowest BCUT2D eigenvalue weighted by molar-refractivity contribution is 0.581. The molecule has 0 unspecified atom stereocenters.